The van der Waals surface area contributed by atoms with E-state index >= 15 is 0 Å². The minimum atomic E-state index is -0.967. The lowest BCUT2D eigenvalue weighted by atomic mass is 10.0. The Morgan fingerprint density at radius 3 is 2.62 bits per heavy atom. The topological polar surface area (TPSA) is 89.9 Å². The van der Waals surface area contributed by atoms with Gasteiger partial charge in [-0.25, -0.2) is 9.59 Å². The van der Waals surface area contributed by atoms with Crippen LogP contribution in [0.3, 0.4) is 0 Å². The van der Waals surface area contributed by atoms with Crippen molar-refractivity contribution in [3.05, 3.63) is 35.4 Å². The maximum Gasteiger partial charge on any atom is 0.335 e. The van der Waals surface area contributed by atoms with Crippen LogP contribution in [0.15, 0.2) is 24.3 Å². The number of carboxylic acid groups (broad SMARTS) is 1. The van der Waals surface area contributed by atoms with E-state index in [1.807, 2.05) is 0 Å². The molecular weight excluding hydrogens is 272 g/mol. The second kappa shape index (κ2) is 8.26. The number of benzene rings is 1. The third-order valence-corrected chi connectivity index (χ3v) is 3.15. The van der Waals surface area contributed by atoms with Crippen molar-refractivity contribution in [1.82, 2.24) is 10.2 Å². The molecule has 0 spiro atoms. The van der Waals surface area contributed by atoms with Gasteiger partial charge in [0.1, 0.15) is 0 Å². The highest BCUT2D eigenvalue weighted by molar-refractivity contribution is 5.89. The molecule has 1 unspecified atom stereocenters. The molecule has 21 heavy (non-hydrogen) atoms. The highest BCUT2D eigenvalue weighted by atomic mass is 16.4. The number of hydrogen-bond donors (Lipinski definition) is 3. The molecule has 3 N–H and O–H groups in total. The molecule has 0 aromatic heterocycles. The molecule has 0 radical (unpaired) electrons. The van der Waals surface area contributed by atoms with E-state index in [2.05, 4.69) is 5.32 Å². The zero-order valence-electron chi connectivity index (χ0n) is 12.4. The lowest BCUT2D eigenvalue weighted by Gasteiger charge is -2.18. The molecule has 0 aliphatic carbocycles. The van der Waals surface area contributed by atoms with E-state index in [9.17, 15) is 14.7 Å². The highest BCUT2D eigenvalue weighted by Crippen LogP contribution is 2.09. The predicted molar refractivity (Wildman–Crippen MR) is 79.4 cm³/mol. The van der Waals surface area contributed by atoms with Crippen LogP contribution in [0.25, 0.3) is 0 Å². The largest absolute Gasteiger partial charge is 0.478 e. The first kappa shape index (κ1) is 17.0. The summed E-state index contributed by atoms with van der Waals surface area (Å²) >= 11 is 0. The molecule has 1 aromatic carbocycles. The second-order valence-electron chi connectivity index (χ2n) is 5.00. The van der Waals surface area contributed by atoms with Gasteiger partial charge in [0.15, 0.2) is 0 Å². The van der Waals surface area contributed by atoms with Gasteiger partial charge in [0, 0.05) is 20.1 Å². The van der Waals surface area contributed by atoms with E-state index in [0.29, 0.717) is 31.5 Å². The van der Waals surface area contributed by atoms with Gasteiger partial charge in [-0.05, 0) is 31.4 Å². The summed E-state index contributed by atoms with van der Waals surface area (Å²) in [5, 5.41) is 21.0. The molecule has 0 aliphatic heterocycles. The Morgan fingerprint density at radius 2 is 2.00 bits per heavy atom. The standard InChI is InChI=1S/C15H22N2O4/c1-11(18)8-10-17(2)15(21)16-9-7-12-5-3-4-6-13(12)14(19)20/h3-6,11,18H,7-10H2,1-2H3,(H,16,21)(H,19,20). The van der Waals surface area contributed by atoms with Crippen LogP contribution in [0.1, 0.15) is 29.3 Å². The maximum absolute atomic E-state index is 11.8. The number of amides is 2. The zero-order chi connectivity index (χ0) is 15.8. The fourth-order valence-corrected chi connectivity index (χ4v) is 1.87. The van der Waals surface area contributed by atoms with Crippen molar-refractivity contribution in [3.8, 4) is 0 Å². The number of aliphatic hydroxyl groups excluding tert-OH is 1. The fraction of sp³-hybridized carbons (Fsp3) is 0.467. The normalized spacial score (nSPS) is 11.8. The SMILES string of the molecule is CC(O)CCN(C)C(=O)NCCc1ccccc1C(=O)O. The van der Waals surface area contributed by atoms with E-state index in [4.69, 9.17) is 5.11 Å². The first-order valence-corrected chi connectivity index (χ1v) is 6.90. The van der Waals surface area contributed by atoms with Gasteiger partial charge in [0.25, 0.3) is 0 Å². The molecule has 1 rings (SSSR count). The van der Waals surface area contributed by atoms with Crippen molar-refractivity contribution in [2.75, 3.05) is 20.1 Å². The Balaban J connectivity index is 2.43. The van der Waals surface area contributed by atoms with Gasteiger partial charge in [0.2, 0.25) is 0 Å². The number of carbonyl (C=O) groups excluding carboxylic acids is 1. The lowest BCUT2D eigenvalue weighted by molar-refractivity contribution is 0.0695. The van der Waals surface area contributed by atoms with Crippen LogP contribution in [0, 0.1) is 0 Å². The number of carboxylic acids is 1. The summed E-state index contributed by atoms with van der Waals surface area (Å²) in [6.45, 7) is 2.51. The average Bonchev–Trinajstić information content (AvgIpc) is 2.44. The first-order valence-electron chi connectivity index (χ1n) is 6.90. The number of rotatable bonds is 7. The smallest absolute Gasteiger partial charge is 0.335 e. The van der Waals surface area contributed by atoms with Crippen LogP contribution in [0.5, 0.6) is 0 Å². The number of aromatic carboxylic acids is 1. The van der Waals surface area contributed by atoms with Crippen molar-refractivity contribution < 1.29 is 19.8 Å². The molecule has 1 atom stereocenters. The lowest BCUT2D eigenvalue weighted by Crippen LogP contribution is -2.39. The molecule has 0 fully saturated rings. The Morgan fingerprint density at radius 1 is 1.33 bits per heavy atom. The quantitative estimate of drug-likeness (QED) is 0.708. The Labute approximate surface area is 124 Å². The molecule has 2 amide bonds. The Kier molecular flexibility index (Phi) is 6.68. The summed E-state index contributed by atoms with van der Waals surface area (Å²) in [5.74, 6) is -0.967. The minimum Gasteiger partial charge on any atom is -0.478 e. The second-order valence-corrected chi connectivity index (χ2v) is 5.00. The number of hydrogen-bond acceptors (Lipinski definition) is 3. The fourth-order valence-electron chi connectivity index (χ4n) is 1.87. The van der Waals surface area contributed by atoms with E-state index in [1.165, 1.54) is 4.90 Å². The number of carbonyl (C=O) groups is 2. The highest BCUT2D eigenvalue weighted by Gasteiger charge is 2.11. The van der Waals surface area contributed by atoms with Crippen LogP contribution < -0.4 is 5.32 Å². The van der Waals surface area contributed by atoms with Crippen molar-refractivity contribution in [2.45, 2.75) is 25.9 Å². The van der Waals surface area contributed by atoms with Crippen molar-refractivity contribution in [1.29, 1.82) is 0 Å². The van der Waals surface area contributed by atoms with Crippen molar-refractivity contribution in [2.24, 2.45) is 0 Å². The molecule has 6 heteroatoms. The predicted octanol–water partition coefficient (Wildman–Crippen LogP) is 1.34. The Hall–Kier alpha value is -2.08. The molecule has 0 aliphatic rings. The summed E-state index contributed by atoms with van der Waals surface area (Å²) in [6, 6.07) is 6.51. The summed E-state index contributed by atoms with van der Waals surface area (Å²) in [6.07, 6.45) is 0.534. The number of aliphatic hydroxyl groups is 1. The minimum absolute atomic E-state index is 0.233. The third kappa shape index (κ3) is 5.83. The molecule has 1 aromatic rings. The third-order valence-electron chi connectivity index (χ3n) is 3.15. The summed E-state index contributed by atoms with van der Waals surface area (Å²) < 4.78 is 0. The van der Waals surface area contributed by atoms with Gasteiger partial charge in [-0.2, -0.15) is 0 Å². The van der Waals surface area contributed by atoms with Crippen molar-refractivity contribution in [3.63, 3.8) is 0 Å². The molecular formula is C15H22N2O4. The number of urea groups is 1. The van der Waals surface area contributed by atoms with E-state index in [1.54, 1.807) is 38.2 Å². The Bertz CT molecular complexity index is 488. The van der Waals surface area contributed by atoms with Gasteiger partial charge in [-0.3, -0.25) is 0 Å². The number of nitrogens with zero attached hydrogens (tertiary/aromatic N) is 1. The van der Waals surface area contributed by atoms with Crippen LogP contribution in [-0.2, 0) is 6.42 Å². The summed E-state index contributed by atoms with van der Waals surface area (Å²) in [7, 11) is 1.66. The molecule has 0 saturated carbocycles. The molecule has 0 bridgehead atoms. The molecule has 0 saturated heterocycles. The van der Waals surface area contributed by atoms with Crippen LogP contribution in [-0.4, -0.2) is 53.4 Å². The van der Waals surface area contributed by atoms with Crippen molar-refractivity contribution >= 4 is 12.0 Å². The molecule has 116 valence electrons. The average molecular weight is 294 g/mol. The van der Waals surface area contributed by atoms with Gasteiger partial charge in [0.05, 0.1) is 11.7 Å². The van der Waals surface area contributed by atoms with Crippen LogP contribution in [0.4, 0.5) is 4.79 Å². The van der Waals surface area contributed by atoms with Gasteiger partial charge in [-0.15, -0.1) is 0 Å². The van der Waals surface area contributed by atoms with Gasteiger partial charge >= 0.3 is 12.0 Å². The monoisotopic (exact) mass is 294 g/mol. The summed E-state index contributed by atoms with van der Waals surface area (Å²) in [4.78, 5) is 24.3. The van der Waals surface area contributed by atoms with Crippen LogP contribution in [0.2, 0.25) is 0 Å². The van der Waals surface area contributed by atoms with E-state index < -0.39 is 12.1 Å². The molecule has 6 nitrogen and oxygen atoms in total. The van der Waals surface area contributed by atoms with E-state index in [0.717, 1.165) is 0 Å². The first-order chi connectivity index (χ1) is 9.91. The van der Waals surface area contributed by atoms with Gasteiger partial charge < -0.3 is 20.4 Å². The van der Waals surface area contributed by atoms with Gasteiger partial charge in [-0.1, -0.05) is 18.2 Å². The zero-order valence-corrected chi connectivity index (χ0v) is 12.4. The number of nitrogens with one attached hydrogen (secondary N) is 1. The van der Waals surface area contributed by atoms with Crippen LogP contribution >= 0.6 is 0 Å². The maximum atomic E-state index is 11.8. The molecule has 0 heterocycles. The summed E-state index contributed by atoms with van der Waals surface area (Å²) in [5.41, 5.74) is 0.950. The van der Waals surface area contributed by atoms with E-state index in [-0.39, 0.29) is 11.6 Å².